The number of hydrogen-bond donors (Lipinski definition) is 1. The third-order valence-electron chi connectivity index (χ3n) is 5.71. The summed E-state index contributed by atoms with van der Waals surface area (Å²) in [5.74, 6) is -0.441. The number of aliphatic imine (C=N–C) groups is 1. The number of halogens is 1. The molecular formula is C24H23BrN2O3. The van der Waals surface area contributed by atoms with Crippen LogP contribution in [0.25, 0.3) is 0 Å². The van der Waals surface area contributed by atoms with Crippen molar-refractivity contribution in [3.63, 3.8) is 0 Å². The summed E-state index contributed by atoms with van der Waals surface area (Å²) in [6.45, 7) is 1.88. The number of Topliss-reactive ketones (excluding diaryl/α,β-unsaturated/α-hetero) is 1. The van der Waals surface area contributed by atoms with Crippen molar-refractivity contribution in [2.45, 2.75) is 32.1 Å². The second-order valence-electron chi connectivity index (χ2n) is 7.59. The van der Waals surface area contributed by atoms with E-state index in [4.69, 9.17) is 9.73 Å². The number of carbonyl (C=O) groups is 2. The smallest absolute Gasteiger partial charge is 0.234 e. The summed E-state index contributed by atoms with van der Waals surface area (Å²) >= 11 is 3.47. The van der Waals surface area contributed by atoms with E-state index in [9.17, 15) is 9.59 Å². The van der Waals surface area contributed by atoms with E-state index in [0.717, 1.165) is 34.3 Å². The van der Waals surface area contributed by atoms with Crippen molar-refractivity contribution in [3.05, 3.63) is 69.8 Å². The van der Waals surface area contributed by atoms with Crippen LogP contribution in [0.1, 0.15) is 37.7 Å². The Balaban J connectivity index is 1.77. The van der Waals surface area contributed by atoms with E-state index in [2.05, 4.69) is 21.2 Å². The Hall–Kier alpha value is -2.73. The molecule has 1 heterocycles. The highest BCUT2D eigenvalue weighted by Gasteiger charge is 2.42. The van der Waals surface area contributed by atoms with Crippen molar-refractivity contribution in [2.75, 3.05) is 12.4 Å². The molecule has 6 heteroatoms. The zero-order valence-corrected chi connectivity index (χ0v) is 18.5. The highest BCUT2D eigenvalue weighted by atomic mass is 79.9. The second kappa shape index (κ2) is 8.56. The van der Waals surface area contributed by atoms with Gasteiger partial charge in [-0.05, 0) is 49.6 Å². The van der Waals surface area contributed by atoms with Crippen LogP contribution < -0.4 is 10.1 Å². The van der Waals surface area contributed by atoms with Gasteiger partial charge in [0.25, 0.3) is 0 Å². The van der Waals surface area contributed by atoms with Crippen molar-refractivity contribution in [3.8, 4) is 5.75 Å². The Morgan fingerprint density at radius 1 is 1.13 bits per heavy atom. The van der Waals surface area contributed by atoms with E-state index in [1.165, 1.54) is 0 Å². The fraction of sp³-hybridized carbons (Fsp3) is 0.292. The first-order valence-corrected chi connectivity index (χ1v) is 10.8. The van der Waals surface area contributed by atoms with Gasteiger partial charge in [-0.1, -0.05) is 40.2 Å². The normalized spacial score (nSPS) is 21.0. The molecular weight excluding hydrogens is 444 g/mol. The van der Waals surface area contributed by atoms with Crippen LogP contribution >= 0.6 is 15.9 Å². The SMILES string of the molecule is COc1ccccc1NC(=O)C1C(C)=NC2=C(C(=O)CCC2)[C@@H]1c1ccc(Br)cc1. The molecule has 0 fully saturated rings. The summed E-state index contributed by atoms with van der Waals surface area (Å²) in [4.78, 5) is 31.1. The zero-order valence-electron chi connectivity index (χ0n) is 16.9. The number of amides is 1. The van der Waals surface area contributed by atoms with Gasteiger partial charge in [-0.2, -0.15) is 0 Å². The monoisotopic (exact) mass is 466 g/mol. The molecule has 1 N–H and O–H groups in total. The fourth-order valence-electron chi connectivity index (χ4n) is 4.33. The lowest BCUT2D eigenvalue weighted by molar-refractivity contribution is -0.119. The average Bonchev–Trinajstić information content (AvgIpc) is 2.74. The summed E-state index contributed by atoms with van der Waals surface area (Å²) in [6.07, 6.45) is 2.08. The average molecular weight is 467 g/mol. The van der Waals surface area contributed by atoms with Crippen molar-refractivity contribution in [2.24, 2.45) is 10.9 Å². The van der Waals surface area contributed by atoms with Crippen LogP contribution in [0.4, 0.5) is 5.69 Å². The minimum atomic E-state index is -0.572. The Labute approximate surface area is 184 Å². The predicted molar refractivity (Wildman–Crippen MR) is 121 cm³/mol. The van der Waals surface area contributed by atoms with Gasteiger partial charge in [-0.3, -0.25) is 14.6 Å². The first kappa shape index (κ1) is 20.5. The fourth-order valence-corrected chi connectivity index (χ4v) is 4.60. The molecule has 2 aromatic rings. The molecule has 0 saturated carbocycles. The molecule has 0 radical (unpaired) electrons. The van der Waals surface area contributed by atoms with E-state index >= 15 is 0 Å². The minimum Gasteiger partial charge on any atom is -0.495 e. The number of methoxy groups -OCH3 is 1. The highest BCUT2D eigenvalue weighted by molar-refractivity contribution is 9.10. The van der Waals surface area contributed by atoms with Gasteiger partial charge in [0.05, 0.1) is 18.7 Å². The summed E-state index contributed by atoms with van der Waals surface area (Å²) in [5.41, 5.74) is 3.79. The van der Waals surface area contributed by atoms with Gasteiger partial charge in [0.15, 0.2) is 5.78 Å². The predicted octanol–water partition coefficient (Wildman–Crippen LogP) is 5.28. The third-order valence-corrected chi connectivity index (χ3v) is 6.24. The summed E-state index contributed by atoms with van der Waals surface area (Å²) in [6, 6.07) is 15.1. The molecule has 1 aliphatic heterocycles. The van der Waals surface area contributed by atoms with Crippen LogP contribution in [-0.4, -0.2) is 24.5 Å². The lowest BCUT2D eigenvalue weighted by Crippen LogP contribution is -2.39. The lowest BCUT2D eigenvalue weighted by atomic mass is 9.71. The van der Waals surface area contributed by atoms with E-state index in [-0.39, 0.29) is 17.6 Å². The van der Waals surface area contributed by atoms with E-state index < -0.39 is 5.92 Å². The summed E-state index contributed by atoms with van der Waals surface area (Å²) in [5, 5.41) is 3.00. The van der Waals surface area contributed by atoms with Crippen molar-refractivity contribution in [1.82, 2.24) is 0 Å². The Morgan fingerprint density at radius 2 is 1.87 bits per heavy atom. The molecule has 2 aliphatic rings. The molecule has 1 amide bonds. The second-order valence-corrected chi connectivity index (χ2v) is 8.50. The van der Waals surface area contributed by atoms with Crippen LogP contribution in [0, 0.1) is 5.92 Å². The van der Waals surface area contributed by atoms with E-state index in [0.29, 0.717) is 23.4 Å². The molecule has 0 spiro atoms. The number of nitrogens with zero attached hydrogens (tertiary/aromatic N) is 1. The largest absolute Gasteiger partial charge is 0.495 e. The van der Waals surface area contributed by atoms with E-state index in [1.807, 2.05) is 43.3 Å². The van der Waals surface area contributed by atoms with Crippen molar-refractivity contribution >= 4 is 39.0 Å². The summed E-state index contributed by atoms with van der Waals surface area (Å²) in [7, 11) is 1.57. The number of anilines is 1. The number of rotatable bonds is 4. The number of nitrogens with one attached hydrogen (secondary N) is 1. The maximum atomic E-state index is 13.5. The lowest BCUT2D eigenvalue weighted by Gasteiger charge is -2.35. The van der Waals surface area contributed by atoms with Crippen LogP contribution in [0.5, 0.6) is 5.75 Å². The number of carbonyl (C=O) groups excluding carboxylic acids is 2. The van der Waals surface area contributed by atoms with Crippen LogP contribution in [-0.2, 0) is 9.59 Å². The Kier molecular flexibility index (Phi) is 5.86. The molecule has 154 valence electrons. The van der Waals surface area contributed by atoms with Crippen LogP contribution in [0.2, 0.25) is 0 Å². The quantitative estimate of drug-likeness (QED) is 0.666. The molecule has 1 unspecified atom stereocenters. The standard InChI is InChI=1S/C24H23BrN2O3/c1-14-21(24(29)27-17-6-3-4-9-20(17)30-2)22(15-10-12-16(25)13-11-15)23-18(26-14)7-5-8-19(23)28/h3-4,6,9-13,21-22H,5,7-8H2,1-2H3,(H,27,29)/t21?,22-/m1/s1. The van der Waals surface area contributed by atoms with Gasteiger partial charge in [0, 0.05) is 33.8 Å². The topological polar surface area (TPSA) is 67.8 Å². The molecule has 5 nitrogen and oxygen atoms in total. The first-order valence-electron chi connectivity index (χ1n) is 10.0. The number of benzene rings is 2. The van der Waals surface area contributed by atoms with Gasteiger partial charge < -0.3 is 10.1 Å². The molecule has 30 heavy (non-hydrogen) atoms. The van der Waals surface area contributed by atoms with Gasteiger partial charge in [-0.15, -0.1) is 0 Å². The van der Waals surface area contributed by atoms with Gasteiger partial charge in [0.2, 0.25) is 5.91 Å². The van der Waals surface area contributed by atoms with Gasteiger partial charge >= 0.3 is 0 Å². The molecule has 2 atom stereocenters. The number of hydrogen-bond acceptors (Lipinski definition) is 4. The van der Waals surface area contributed by atoms with Crippen molar-refractivity contribution in [1.29, 1.82) is 0 Å². The maximum absolute atomic E-state index is 13.5. The number of para-hydroxylation sites is 2. The minimum absolute atomic E-state index is 0.0931. The number of allylic oxidation sites excluding steroid dienone is 2. The zero-order chi connectivity index (χ0) is 21.3. The maximum Gasteiger partial charge on any atom is 0.234 e. The molecule has 2 aromatic carbocycles. The highest BCUT2D eigenvalue weighted by Crippen LogP contribution is 2.44. The molecule has 0 saturated heterocycles. The third kappa shape index (κ3) is 3.84. The van der Waals surface area contributed by atoms with Gasteiger partial charge in [-0.25, -0.2) is 0 Å². The van der Waals surface area contributed by atoms with Crippen molar-refractivity contribution < 1.29 is 14.3 Å². The van der Waals surface area contributed by atoms with Crippen LogP contribution in [0.3, 0.4) is 0 Å². The number of ether oxygens (including phenoxy) is 1. The number of ketones is 1. The van der Waals surface area contributed by atoms with Crippen LogP contribution in [0.15, 0.2) is 69.3 Å². The Morgan fingerprint density at radius 3 is 2.60 bits per heavy atom. The molecule has 4 rings (SSSR count). The summed E-state index contributed by atoms with van der Waals surface area (Å²) < 4.78 is 6.32. The molecule has 0 aromatic heterocycles. The first-order chi connectivity index (χ1) is 14.5. The molecule has 0 bridgehead atoms. The van der Waals surface area contributed by atoms with Gasteiger partial charge in [0.1, 0.15) is 5.75 Å². The van der Waals surface area contributed by atoms with E-state index in [1.54, 1.807) is 19.2 Å². The molecule has 1 aliphatic carbocycles. The Bertz CT molecular complexity index is 1060.